The minimum Gasteiger partial charge on any atom is -0.477 e. The van der Waals surface area contributed by atoms with E-state index in [-0.39, 0.29) is 18.1 Å². The number of carboxylic acids is 1. The molecule has 2 aromatic rings. The largest absolute Gasteiger partial charge is 0.477 e. The molecule has 5 nitrogen and oxygen atoms in total. The Morgan fingerprint density at radius 3 is 2.75 bits per heavy atom. The van der Waals surface area contributed by atoms with Crippen molar-refractivity contribution in [2.45, 2.75) is 20.0 Å². The number of hydrogen-bond donors (Lipinski definition) is 1. The predicted molar refractivity (Wildman–Crippen MR) is 76.8 cm³/mol. The number of hydrogen-bond acceptors (Lipinski definition) is 3. The topological polar surface area (TPSA) is 62.5 Å². The Bertz CT molecular complexity index is 589. The van der Waals surface area contributed by atoms with Gasteiger partial charge in [0.1, 0.15) is 12.2 Å². The Morgan fingerprint density at radius 1 is 1.35 bits per heavy atom. The van der Waals surface area contributed by atoms with Gasteiger partial charge in [-0.15, -0.1) is 11.3 Å². The molecule has 0 fully saturated rings. The monoisotopic (exact) mass is 292 g/mol. The van der Waals surface area contributed by atoms with Crippen LogP contribution in [0.2, 0.25) is 0 Å². The van der Waals surface area contributed by atoms with Crippen molar-refractivity contribution in [3.63, 3.8) is 0 Å². The first-order valence-corrected chi connectivity index (χ1v) is 7.18. The third kappa shape index (κ3) is 3.27. The van der Waals surface area contributed by atoms with Crippen molar-refractivity contribution in [3.05, 3.63) is 46.4 Å². The molecule has 0 bridgehead atoms. The molecule has 1 N–H and O–H groups in total. The molecule has 2 aromatic heterocycles. The normalized spacial score (nSPS) is 10.4. The molecule has 0 aliphatic heterocycles. The van der Waals surface area contributed by atoms with E-state index in [0.29, 0.717) is 13.1 Å². The molecule has 0 aromatic carbocycles. The van der Waals surface area contributed by atoms with E-state index in [1.165, 1.54) is 10.6 Å². The van der Waals surface area contributed by atoms with Crippen molar-refractivity contribution in [2.24, 2.45) is 0 Å². The molecule has 0 atom stereocenters. The summed E-state index contributed by atoms with van der Waals surface area (Å²) in [5.74, 6) is -1.11. The zero-order valence-corrected chi connectivity index (χ0v) is 12.0. The summed E-state index contributed by atoms with van der Waals surface area (Å²) in [7, 11) is 0. The number of carboxylic acid groups (broad SMARTS) is 1. The Hall–Kier alpha value is -2.08. The van der Waals surface area contributed by atoms with Crippen LogP contribution in [0.1, 0.15) is 22.3 Å². The number of carbonyl (C=O) groups excluding carboxylic acids is 1. The fourth-order valence-corrected chi connectivity index (χ4v) is 2.68. The zero-order valence-electron chi connectivity index (χ0n) is 11.2. The molecule has 0 saturated heterocycles. The lowest BCUT2D eigenvalue weighted by atomic mass is 10.3. The maximum absolute atomic E-state index is 12.3. The Kier molecular flexibility index (Phi) is 4.57. The Balaban J connectivity index is 2.05. The maximum atomic E-state index is 12.3. The molecule has 20 heavy (non-hydrogen) atoms. The number of rotatable bonds is 6. The molecule has 2 rings (SSSR count). The summed E-state index contributed by atoms with van der Waals surface area (Å²) in [5, 5.41) is 11.0. The van der Waals surface area contributed by atoms with E-state index in [4.69, 9.17) is 5.11 Å². The van der Waals surface area contributed by atoms with E-state index >= 15 is 0 Å². The summed E-state index contributed by atoms with van der Waals surface area (Å²) in [6, 6.07) is 7.06. The average Bonchev–Trinajstić information content (AvgIpc) is 3.06. The molecule has 0 unspecified atom stereocenters. The van der Waals surface area contributed by atoms with Gasteiger partial charge in [-0.1, -0.05) is 6.07 Å². The first-order valence-electron chi connectivity index (χ1n) is 6.30. The van der Waals surface area contributed by atoms with Gasteiger partial charge in [0, 0.05) is 17.6 Å². The quantitative estimate of drug-likeness (QED) is 0.888. The fraction of sp³-hybridized carbons (Fsp3) is 0.286. The molecule has 6 heteroatoms. The van der Waals surface area contributed by atoms with Crippen LogP contribution in [0.5, 0.6) is 0 Å². The molecule has 0 radical (unpaired) electrons. The van der Waals surface area contributed by atoms with Crippen molar-refractivity contribution in [1.82, 2.24) is 9.47 Å². The molecule has 2 heterocycles. The third-order valence-corrected chi connectivity index (χ3v) is 3.88. The van der Waals surface area contributed by atoms with Gasteiger partial charge in [0.05, 0.1) is 6.54 Å². The second-order valence-electron chi connectivity index (χ2n) is 4.31. The number of aromatic nitrogens is 1. The average molecular weight is 292 g/mol. The fourth-order valence-electron chi connectivity index (χ4n) is 1.96. The second kappa shape index (κ2) is 6.38. The van der Waals surface area contributed by atoms with Gasteiger partial charge in [0.25, 0.3) is 0 Å². The lowest BCUT2D eigenvalue weighted by molar-refractivity contribution is -0.132. The first-order chi connectivity index (χ1) is 9.61. The van der Waals surface area contributed by atoms with Crippen molar-refractivity contribution in [3.8, 4) is 0 Å². The highest BCUT2D eigenvalue weighted by Gasteiger charge is 2.16. The van der Waals surface area contributed by atoms with Crippen LogP contribution in [0.3, 0.4) is 0 Å². The Morgan fingerprint density at radius 2 is 2.15 bits per heavy atom. The van der Waals surface area contributed by atoms with E-state index in [2.05, 4.69) is 0 Å². The van der Waals surface area contributed by atoms with Crippen molar-refractivity contribution >= 4 is 23.2 Å². The van der Waals surface area contributed by atoms with Crippen LogP contribution in [-0.4, -0.2) is 33.0 Å². The summed E-state index contributed by atoms with van der Waals surface area (Å²) in [6.07, 6.45) is 1.61. The van der Waals surface area contributed by atoms with E-state index in [1.54, 1.807) is 28.5 Å². The van der Waals surface area contributed by atoms with Gasteiger partial charge in [0.2, 0.25) is 5.91 Å². The van der Waals surface area contributed by atoms with Gasteiger partial charge < -0.3 is 14.6 Å². The number of likely N-dealkylation sites (N-methyl/N-ethyl adjacent to an activating group) is 1. The van der Waals surface area contributed by atoms with Crippen molar-refractivity contribution in [2.75, 3.05) is 6.54 Å². The van der Waals surface area contributed by atoms with Gasteiger partial charge in [-0.05, 0) is 30.5 Å². The molecular weight excluding hydrogens is 276 g/mol. The lowest BCUT2D eigenvalue weighted by Crippen LogP contribution is -2.33. The number of nitrogens with zero attached hydrogens (tertiary/aromatic N) is 2. The van der Waals surface area contributed by atoms with Crippen molar-refractivity contribution < 1.29 is 14.7 Å². The van der Waals surface area contributed by atoms with Gasteiger partial charge >= 0.3 is 5.97 Å². The van der Waals surface area contributed by atoms with E-state index in [1.807, 2.05) is 24.4 Å². The van der Waals surface area contributed by atoms with Crippen LogP contribution < -0.4 is 0 Å². The molecule has 0 aliphatic rings. The van der Waals surface area contributed by atoms with Gasteiger partial charge in [0.15, 0.2) is 0 Å². The molecule has 1 amide bonds. The SMILES string of the molecule is CCN(Cc1cccs1)C(=O)Cn1cccc1C(=O)O. The summed E-state index contributed by atoms with van der Waals surface area (Å²) in [5.41, 5.74) is 0.130. The van der Waals surface area contributed by atoms with E-state index in [0.717, 1.165) is 4.88 Å². The molecule has 0 spiro atoms. The van der Waals surface area contributed by atoms with Crippen LogP contribution >= 0.6 is 11.3 Å². The van der Waals surface area contributed by atoms with Crippen LogP contribution in [0.4, 0.5) is 0 Å². The number of amides is 1. The minimum atomic E-state index is -1.02. The van der Waals surface area contributed by atoms with E-state index < -0.39 is 5.97 Å². The molecule has 106 valence electrons. The summed E-state index contributed by atoms with van der Waals surface area (Å²) in [6.45, 7) is 3.13. The van der Waals surface area contributed by atoms with Gasteiger partial charge in [-0.25, -0.2) is 4.79 Å². The number of carbonyl (C=O) groups is 2. The highest BCUT2D eigenvalue weighted by atomic mass is 32.1. The second-order valence-corrected chi connectivity index (χ2v) is 5.35. The minimum absolute atomic E-state index is 0.0495. The van der Waals surface area contributed by atoms with Crippen LogP contribution in [-0.2, 0) is 17.9 Å². The highest BCUT2D eigenvalue weighted by Crippen LogP contribution is 2.12. The summed E-state index contributed by atoms with van der Waals surface area (Å²) >= 11 is 1.61. The third-order valence-electron chi connectivity index (χ3n) is 3.02. The van der Waals surface area contributed by atoms with Gasteiger partial charge in [-0.3, -0.25) is 4.79 Å². The lowest BCUT2D eigenvalue weighted by Gasteiger charge is -2.20. The standard InChI is InChI=1S/C14H16N2O3S/c1-2-15(9-11-5-4-8-20-11)13(17)10-16-7-3-6-12(16)14(18)19/h3-8H,2,9-10H2,1H3,(H,18,19). The van der Waals surface area contributed by atoms with Crippen LogP contribution in [0.25, 0.3) is 0 Å². The van der Waals surface area contributed by atoms with Crippen LogP contribution in [0.15, 0.2) is 35.8 Å². The van der Waals surface area contributed by atoms with Crippen LogP contribution in [0, 0.1) is 0 Å². The van der Waals surface area contributed by atoms with Crippen molar-refractivity contribution in [1.29, 1.82) is 0 Å². The smallest absolute Gasteiger partial charge is 0.352 e. The van der Waals surface area contributed by atoms with E-state index in [9.17, 15) is 9.59 Å². The number of thiophene rings is 1. The molecule has 0 saturated carbocycles. The predicted octanol–water partition coefficient (Wildman–Crippen LogP) is 2.30. The highest BCUT2D eigenvalue weighted by molar-refractivity contribution is 7.09. The first kappa shape index (κ1) is 14.3. The molecular formula is C14H16N2O3S. The Labute approximate surface area is 121 Å². The summed E-state index contributed by atoms with van der Waals surface area (Å²) in [4.78, 5) is 26.1. The number of aromatic carboxylic acids is 1. The zero-order chi connectivity index (χ0) is 14.5. The molecule has 0 aliphatic carbocycles. The van der Waals surface area contributed by atoms with Gasteiger partial charge in [-0.2, -0.15) is 0 Å². The maximum Gasteiger partial charge on any atom is 0.352 e. The summed E-state index contributed by atoms with van der Waals surface area (Å²) < 4.78 is 1.46.